The van der Waals surface area contributed by atoms with Crippen molar-refractivity contribution in [3.63, 3.8) is 0 Å². The van der Waals surface area contributed by atoms with Crippen molar-refractivity contribution < 1.29 is 4.79 Å². The summed E-state index contributed by atoms with van der Waals surface area (Å²) < 4.78 is 0.942. The summed E-state index contributed by atoms with van der Waals surface area (Å²) in [5.74, 6) is 0.0796. The molecule has 1 aromatic carbocycles. The second-order valence-electron chi connectivity index (χ2n) is 2.74. The predicted molar refractivity (Wildman–Crippen MR) is 58.3 cm³/mol. The maximum Gasteiger partial charge on any atom is 0.159 e. The van der Waals surface area contributed by atoms with E-state index in [1.807, 2.05) is 19.1 Å². The molecular weight excluding hydrogens is 265 g/mol. The van der Waals surface area contributed by atoms with Crippen molar-refractivity contribution in [2.75, 3.05) is 5.73 Å². The summed E-state index contributed by atoms with van der Waals surface area (Å²) in [5.41, 5.74) is 8.19. The molecule has 0 bridgehead atoms. The van der Waals surface area contributed by atoms with Gasteiger partial charge in [0, 0.05) is 14.8 Å². The molecule has 0 saturated heterocycles. The van der Waals surface area contributed by atoms with E-state index >= 15 is 0 Å². The number of ketones is 1. The Morgan fingerprint density at radius 3 is 2.50 bits per heavy atom. The van der Waals surface area contributed by atoms with Crippen molar-refractivity contribution in [2.45, 2.75) is 13.8 Å². The van der Waals surface area contributed by atoms with Gasteiger partial charge in [-0.1, -0.05) is 0 Å². The highest BCUT2D eigenvalue weighted by atomic mass is 127. The van der Waals surface area contributed by atoms with E-state index in [9.17, 15) is 4.79 Å². The summed E-state index contributed by atoms with van der Waals surface area (Å²) in [5, 5.41) is 0. The number of nitrogens with two attached hydrogens (primary N) is 1. The second kappa shape index (κ2) is 3.43. The average molecular weight is 275 g/mol. The summed E-state index contributed by atoms with van der Waals surface area (Å²) >= 11 is 2.13. The van der Waals surface area contributed by atoms with Crippen molar-refractivity contribution in [1.29, 1.82) is 0 Å². The summed E-state index contributed by atoms with van der Waals surface area (Å²) in [7, 11) is 0. The Hall–Kier alpha value is -0.580. The first-order valence-corrected chi connectivity index (χ1v) is 4.67. The van der Waals surface area contributed by atoms with Crippen LogP contribution in [0.4, 0.5) is 5.69 Å². The lowest BCUT2D eigenvalue weighted by atomic mass is 10.1. The topological polar surface area (TPSA) is 43.1 Å². The van der Waals surface area contributed by atoms with E-state index < -0.39 is 0 Å². The van der Waals surface area contributed by atoms with Crippen molar-refractivity contribution in [1.82, 2.24) is 0 Å². The van der Waals surface area contributed by atoms with Crippen molar-refractivity contribution >= 4 is 34.1 Å². The number of rotatable bonds is 1. The zero-order valence-electron chi connectivity index (χ0n) is 7.02. The molecule has 2 N–H and O–H groups in total. The molecule has 0 fully saturated rings. The summed E-state index contributed by atoms with van der Waals surface area (Å²) in [6.45, 7) is 3.46. The van der Waals surface area contributed by atoms with Crippen LogP contribution in [0.15, 0.2) is 12.1 Å². The fraction of sp³-hybridized carbons (Fsp3) is 0.222. The van der Waals surface area contributed by atoms with Crippen LogP contribution >= 0.6 is 22.6 Å². The van der Waals surface area contributed by atoms with Gasteiger partial charge in [0.15, 0.2) is 5.78 Å². The fourth-order valence-electron chi connectivity index (χ4n) is 0.959. The third kappa shape index (κ3) is 1.77. The van der Waals surface area contributed by atoms with Gasteiger partial charge in [0.1, 0.15) is 0 Å². The molecule has 0 radical (unpaired) electrons. The number of hydrogen-bond acceptors (Lipinski definition) is 2. The SMILES string of the molecule is CC(=O)c1cc(C)c(N)c(I)c1. The Morgan fingerprint density at radius 1 is 1.50 bits per heavy atom. The number of hydrogen-bond donors (Lipinski definition) is 1. The van der Waals surface area contributed by atoms with Gasteiger partial charge in [0.2, 0.25) is 0 Å². The number of benzene rings is 1. The first-order valence-electron chi connectivity index (χ1n) is 3.59. The standard InChI is InChI=1S/C9H10INO/c1-5-3-7(6(2)12)4-8(10)9(5)11/h3-4H,11H2,1-2H3. The zero-order chi connectivity index (χ0) is 9.30. The summed E-state index contributed by atoms with van der Waals surface area (Å²) in [6, 6.07) is 3.63. The Labute approximate surface area is 85.3 Å². The second-order valence-corrected chi connectivity index (χ2v) is 3.91. The fourth-order valence-corrected chi connectivity index (χ4v) is 1.72. The highest BCUT2D eigenvalue weighted by molar-refractivity contribution is 14.1. The molecule has 2 nitrogen and oxygen atoms in total. The van der Waals surface area contributed by atoms with Crippen molar-refractivity contribution in [2.24, 2.45) is 0 Å². The highest BCUT2D eigenvalue weighted by Crippen LogP contribution is 2.21. The molecule has 0 aliphatic carbocycles. The van der Waals surface area contributed by atoms with Crippen LogP contribution < -0.4 is 5.73 Å². The van der Waals surface area contributed by atoms with E-state index in [2.05, 4.69) is 22.6 Å². The first-order chi connectivity index (χ1) is 5.52. The van der Waals surface area contributed by atoms with Crippen LogP contribution in [0, 0.1) is 10.5 Å². The third-order valence-electron chi connectivity index (χ3n) is 1.74. The maximum atomic E-state index is 11.0. The minimum Gasteiger partial charge on any atom is -0.398 e. The zero-order valence-corrected chi connectivity index (χ0v) is 9.18. The highest BCUT2D eigenvalue weighted by Gasteiger charge is 2.05. The quantitative estimate of drug-likeness (QED) is 0.486. The average Bonchev–Trinajstić information content (AvgIpc) is 1.99. The van der Waals surface area contributed by atoms with E-state index in [0.29, 0.717) is 0 Å². The maximum absolute atomic E-state index is 11.0. The molecule has 1 aromatic rings. The molecule has 0 spiro atoms. The lowest BCUT2D eigenvalue weighted by Crippen LogP contribution is -1.99. The molecule has 12 heavy (non-hydrogen) atoms. The lowest BCUT2D eigenvalue weighted by Gasteiger charge is -2.04. The number of nitrogen functional groups attached to an aromatic ring is 1. The van der Waals surface area contributed by atoms with Crippen LogP contribution in [-0.4, -0.2) is 5.78 Å². The number of anilines is 1. The van der Waals surface area contributed by atoms with Gasteiger partial charge in [-0.3, -0.25) is 4.79 Å². The largest absolute Gasteiger partial charge is 0.398 e. The summed E-state index contributed by atoms with van der Waals surface area (Å²) in [4.78, 5) is 11.0. The van der Waals surface area contributed by atoms with Gasteiger partial charge in [0.25, 0.3) is 0 Å². The van der Waals surface area contributed by atoms with Gasteiger partial charge in [-0.2, -0.15) is 0 Å². The lowest BCUT2D eigenvalue weighted by molar-refractivity contribution is 0.101. The molecule has 0 aliphatic heterocycles. The number of carbonyl (C=O) groups is 1. The van der Waals surface area contributed by atoms with Crippen LogP contribution in [0.3, 0.4) is 0 Å². The molecule has 0 aliphatic rings. The third-order valence-corrected chi connectivity index (χ3v) is 2.64. The molecule has 3 heteroatoms. The van der Waals surface area contributed by atoms with E-state index in [0.717, 1.165) is 20.4 Å². The van der Waals surface area contributed by atoms with Gasteiger partial charge in [0.05, 0.1) is 0 Å². The smallest absolute Gasteiger partial charge is 0.159 e. The van der Waals surface area contributed by atoms with Crippen LogP contribution in [0.1, 0.15) is 22.8 Å². The first kappa shape index (κ1) is 9.51. The van der Waals surface area contributed by atoms with E-state index in [-0.39, 0.29) is 5.78 Å². The molecule has 0 heterocycles. The van der Waals surface area contributed by atoms with Gasteiger partial charge >= 0.3 is 0 Å². The molecule has 64 valence electrons. The van der Waals surface area contributed by atoms with Crippen LogP contribution in [-0.2, 0) is 0 Å². The molecule has 1 rings (SSSR count). The van der Waals surface area contributed by atoms with E-state index in [1.54, 1.807) is 6.92 Å². The minimum atomic E-state index is 0.0796. The van der Waals surface area contributed by atoms with Crippen LogP contribution in [0.25, 0.3) is 0 Å². The number of halogens is 1. The molecular formula is C9H10INO. The van der Waals surface area contributed by atoms with Gasteiger partial charge in [-0.15, -0.1) is 0 Å². The molecule has 0 amide bonds. The normalized spacial score (nSPS) is 9.92. The number of carbonyl (C=O) groups excluding carboxylic acids is 1. The molecule has 0 aromatic heterocycles. The van der Waals surface area contributed by atoms with Crippen LogP contribution in [0.2, 0.25) is 0 Å². The van der Waals surface area contributed by atoms with Gasteiger partial charge in [-0.05, 0) is 54.1 Å². The van der Waals surface area contributed by atoms with E-state index in [4.69, 9.17) is 5.73 Å². The Morgan fingerprint density at radius 2 is 2.08 bits per heavy atom. The predicted octanol–water partition coefficient (Wildman–Crippen LogP) is 2.38. The van der Waals surface area contributed by atoms with Gasteiger partial charge in [-0.25, -0.2) is 0 Å². The number of Topliss-reactive ketones (excluding diaryl/α,β-unsaturated/α-hetero) is 1. The van der Waals surface area contributed by atoms with Crippen LogP contribution in [0.5, 0.6) is 0 Å². The van der Waals surface area contributed by atoms with Crippen molar-refractivity contribution in [3.05, 3.63) is 26.8 Å². The van der Waals surface area contributed by atoms with E-state index in [1.165, 1.54) is 0 Å². The monoisotopic (exact) mass is 275 g/mol. The number of aryl methyl sites for hydroxylation is 1. The minimum absolute atomic E-state index is 0.0796. The Bertz CT molecular complexity index is 310. The molecule has 0 saturated carbocycles. The van der Waals surface area contributed by atoms with Gasteiger partial charge < -0.3 is 5.73 Å². The van der Waals surface area contributed by atoms with Crippen molar-refractivity contribution in [3.8, 4) is 0 Å². The Kier molecular flexibility index (Phi) is 2.72. The Balaban J connectivity index is 3.31. The summed E-state index contributed by atoms with van der Waals surface area (Å²) in [6.07, 6.45) is 0. The molecule has 0 unspecified atom stereocenters. The molecule has 0 atom stereocenters.